The second-order valence-corrected chi connectivity index (χ2v) is 4.87. The Morgan fingerprint density at radius 3 is 2.94 bits per heavy atom. The van der Waals surface area contributed by atoms with E-state index in [9.17, 15) is 4.79 Å². The molecule has 2 aromatic rings. The van der Waals surface area contributed by atoms with Crippen molar-refractivity contribution in [3.05, 3.63) is 50.9 Å². The molecule has 2 heterocycles. The van der Waals surface area contributed by atoms with Crippen LogP contribution in [0.4, 0.5) is 0 Å². The maximum Gasteiger partial charge on any atom is 0.262 e. The minimum Gasteiger partial charge on any atom is -0.346 e. The summed E-state index contributed by atoms with van der Waals surface area (Å²) in [6, 6.07) is 7.49. The van der Waals surface area contributed by atoms with Crippen LogP contribution in [-0.2, 0) is 6.54 Å². The number of nitrogens with one attached hydrogen (secondary N) is 1. The number of thiophene rings is 1. The zero-order valence-corrected chi connectivity index (χ0v) is 10.7. The monoisotopic (exact) mass is 296 g/mol. The molecule has 0 unspecified atom stereocenters. The predicted molar refractivity (Wildman–Crippen MR) is 67.4 cm³/mol. The summed E-state index contributed by atoms with van der Waals surface area (Å²) in [5.41, 5.74) is 0.850. The van der Waals surface area contributed by atoms with Crippen molar-refractivity contribution in [3.63, 3.8) is 0 Å². The quantitative estimate of drug-likeness (QED) is 0.946. The molecule has 0 radical (unpaired) electrons. The lowest BCUT2D eigenvalue weighted by Crippen LogP contribution is -2.22. The van der Waals surface area contributed by atoms with Gasteiger partial charge in [-0.25, -0.2) is 0 Å². The van der Waals surface area contributed by atoms with E-state index in [-0.39, 0.29) is 5.91 Å². The number of nitrogens with zero attached hydrogens (tertiary/aromatic N) is 1. The highest BCUT2D eigenvalue weighted by Crippen LogP contribution is 2.22. The summed E-state index contributed by atoms with van der Waals surface area (Å²) in [7, 11) is 0. The summed E-state index contributed by atoms with van der Waals surface area (Å²) in [6.45, 7) is 0.448. The van der Waals surface area contributed by atoms with Crippen molar-refractivity contribution in [2.45, 2.75) is 6.54 Å². The highest BCUT2D eigenvalue weighted by molar-refractivity contribution is 9.10. The van der Waals surface area contributed by atoms with Gasteiger partial charge in [0.05, 0.1) is 12.2 Å². The summed E-state index contributed by atoms with van der Waals surface area (Å²) >= 11 is 4.74. The molecule has 0 saturated heterocycles. The third-order valence-electron chi connectivity index (χ3n) is 1.98. The standard InChI is InChI=1S/C11H9BrN2OS/c12-9-4-6-16-10(9)11(15)14-7-8-3-1-2-5-13-8/h1-6H,7H2,(H,14,15). The van der Waals surface area contributed by atoms with Gasteiger partial charge in [0, 0.05) is 10.7 Å². The highest BCUT2D eigenvalue weighted by Gasteiger charge is 2.10. The third-order valence-corrected chi connectivity index (χ3v) is 3.82. The van der Waals surface area contributed by atoms with E-state index < -0.39 is 0 Å². The molecule has 0 aliphatic carbocycles. The fraction of sp³-hybridized carbons (Fsp3) is 0.0909. The Morgan fingerprint density at radius 2 is 2.31 bits per heavy atom. The van der Waals surface area contributed by atoms with Crippen LogP contribution in [0.5, 0.6) is 0 Å². The van der Waals surface area contributed by atoms with Gasteiger partial charge in [-0.1, -0.05) is 6.07 Å². The van der Waals surface area contributed by atoms with Gasteiger partial charge in [-0.05, 0) is 39.5 Å². The van der Waals surface area contributed by atoms with E-state index >= 15 is 0 Å². The van der Waals surface area contributed by atoms with Crippen LogP contribution in [0, 0.1) is 0 Å². The van der Waals surface area contributed by atoms with Crippen LogP contribution in [0.25, 0.3) is 0 Å². The molecular weight excluding hydrogens is 288 g/mol. The fourth-order valence-electron chi connectivity index (χ4n) is 1.21. The van der Waals surface area contributed by atoms with E-state index in [1.807, 2.05) is 29.6 Å². The van der Waals surface area contributed by atoms with Crippen LogP contribution in [0.1, 0.15) is 15.4 Å². The zero-order valence-electron chi connectivity index (χ0n) is 8.31. The highest BCUT2D eigenvalue weighted by atomic mass is 79.9. The lowest BCUT2D eigenvalue weighted by atomic mass is 10.3. The molecule has 2 aromatic heterocycles. The number of hydrogen-bond acceptors (Lipinski definition) is 3. The number of pyridine rings is 1. The largest absolute Gasteiger partial charge is 0.346 e. The lowest BCUT2D eigenvalue weighted by molar-refractivity contribution is 0.0954. The first-order chi connectivity index (χ1) is 7.77. The van der Waals surface area contributed by atoms with Crippen LogP contribution in [0.3, 0.4) is 0 Å². The van der Waals surface area contributed by atoms with Crippen molar-refractivity contribution in [2.75, 3.05) is 0 Å². The van der Waals surface area contributed by atoms with Gasteiger partial charge < -0.3 is 5.32 Å². The molecule has 16 heavy (non-hydrogen) atoms. The molecule has 82 valence electrons. The summed E-state index contributed by atoms with van der Waals surface area (Å²) in [4.78, 5) is 16.6. The molecule has 2 rings (SSSR count). The van der Waals surface area contributed by atoms with Gasteiger partial charge in [-0.3, -0.25) is 9.78 Å². The molecular formula is C11H9BrN2OS. The van der Waals surface area contributed by atoms with Gasteiger partial charge in [-0.15, -0.1) is 11.3 Å². The topological polar surface area (TPSA) is 42.0 Å². The normalized spacial score (nSPS) is 10.1. The van der Waals surface area contributed by atoms with Gasteiger partial charge in [0.2, 0.25) is 0 Å². The first kappa shape index (κ1) is 11.3. The van der Waals surface area contributed by atoms with Gasteiger partial charge in [0.1, 0.15) is 4.88 Å². The van der Waals surface area contributed by atoms with Gasteiger partial charge >= 0.3 is 0 Å². The molecule has 5 heteroatoms. The van der Waals surface area contributed by atoms with Crippen LogP contribution in [0.2, 0.25) is 0 Å². The van der Waals surface area contributed by atoms with Crippen molar-refractivity contribution in [1.82, 2.24) is 10.3 Å². The van der Waals surface area contributed by atoms with Gasteiger partial charge in [0.15, 0.2) is 0 Å². The average molecular weight is 297 g/mol. The van der Waals surface area contributed by atoms with Crippen LogP contribution < -0.4 is 5.32 Å². The molecule has 1 amide bonds. The molecule has 0 fully saturated rings. The number of carbonyl (C=O) groups is 1. The number of hydrogen-bond donors (Lipinski definition) is 1. The van der Waals surface area contributed by atoms with Crippen molar-refractivity contribution in [2.24, 2.45) is 0 Å². The number of halogens is 1. The number of aromatic nitrogens is 1. The summed E-state index contributed by atoms with van der Waals surface area (Å²) in [5, 5.41) is 4.70. The van der Waals surface area contributed by atoms with E-state index in [1.165, 1.54) is 11.3 Å². The Hall–Kier alpha value is -1.20. The average Bonchev–Trinajstić information content (AvgIpc) is 2.74. The van der Waals surface area contributed by atoms with Crippen LogP contribution in [-0.4, -0.2) is 10.9 Å². The Bertz CT molecular complexity index is 484. The zero-order chi connectivity index (χ0) is 11.4. The molecule has 3 nitrogen and oxygen atoms in total. The van der Waals surface area contributed by atoms with E-state index in [2.05, 4.69) is 26.2 Å². The van der Waals surface area contributed by atoms with Gasteiger partial charge in [-0.2, -0.15) is 0 Å². The van der Waals surface area contributed by atoms with Crippen molar-refractivity contribution in [1.29, 1.82) is 0 Å². The van der Waals surface area contributed by atoms with Crippen LogP contribution in [0.15, 0.2) is 40.3 Å². The number of amides is 1. The second kappa shape index (κ2) is 5.23. The Morgan fingerprint density at radius 1 is 1.44 bits per heavy atom. The van der Waals surface area contributed by atoms with Crippen LogP contribution >= 0.6 is 27.3 Å². The second-order valence-electron chi connectivity index (χ2n) is 3.10. The van der Waals surface area contributed by atoms with Crippen molar-refractivity contribution in [3.8, 4) is 0 Å². The molecule has 0 aromatic carbocycles. The Balaban J connectivity index is 1.97. The minimum atomic E-state index is -0.0764. The Kier molecular flexibility index (Phi) is 3.69. The number of rotatable bonds is 3. The molecule has 0 aliphatic rings. The van der Waals surface area contributed by atoms with E-state index in [1.54, 1.807) is 6.20 Å². The van der Waals surface area contributed by atoms with Gasteiger partial charge in [0.25, 0.3) is 5.91 Å². The maximum atomic E-state index is 11.7. The molecule has 0 saturated carbocycles. The first-order valence-corrected chi connectivity index (χ1v) is 6.36. The summed E-state index contributed by atoms with van der Waals surface area (Å²) < 4.78 is 0.830. The lowest BCUT2D eigenvalue weighted by Gasteiger charge is -2.03. The maximum absolute atomic E-state index is 11.7. The molecule has 0 spiro atoms. The SMILES string of the molecule is O=C(NCc1ccccn1)c1sccc1Br. The Labute approximate surface area is 106 Å². The minimum absolute atomic E-state index is 0.0764. The molecule has 0 aliphatic heterocycles. The summed E-state index contributed by atoms with van der Waals surface area (Å²) in [5.74, 6) is -0.0764. The van der Waals surface area contributed by atoms with E-state index in [0.717, 1.165) is 10.2 Å². The predicted octanol–water partition coefficient (Wildman–Crippen LogP) is 2.84. The number of carbonyl (C=O) groups excluding carboxylic acids is 1. The molecule has 1 N–H and O–H groups in total. The fourth-order valence-corrected chi connectivity index (χ4v) is 2.68. The smallest absolute Gasteiger partial charge is 0.262 e. The summed E-state index contributed by atoms with van der Waals surface area (Å²) in [6.07, 6.45) is 1.71. The molecule has 0 atom stereocenters. The van der Waals surface area contributed by atoms with E-state index in [0.29, 0.717) is 11.4 Å². The van der Waals surface area contributed by atoms with Crippen molar-refractivity contribution >= 4 is 33.2 Å². The first-order valence-electron chi connectivity index (χ1n) is 4.68. The molecule has 0 bridgehead atoms. The van der Waals surface area contributed by atoms with Crippen molar-refractivity contribution < 1.29 is 4.79 Å². The third kappa shape index (κ3) is 2.68. The van der Waals surface area contributed by atoms with E-state index in [4.69, 9.17) is 0 Å².